The van der Waals surface area contributed by atoms with E-state index >= 15 is 0 Å². The lowest BCUT2D eigenvalue weighted by Gasteiger charge is -2.04. The molecule has 0 saturated carbocycles. The van der Waals surface area contributed by atoms with E-state index in [9.17, 15) is 0 Å². The lowest BCUT2D eigenvalue weighted by atomic mass is 10.1. The van der Waals surface area contributed by atoms with Gasteiger partial charge in [-0.15, -0.1) is 20.4 Å². The van der Waals surface area contributed by atoms with Gasteiger partial charge in [0.1, 0.15) is 0 Å². The number of nitrogens with one attached hydrogen (secondary N) is 1. The van der Waals surface area contributed by atoms with Crippen LogP contribution in [0, 0.1) is 13.8 Å². The summed E-state index contributed by atoms with van der Waals surface area (Å²) in [5, 5.41) is 20.9. The molecular weight excluding hydrogens is 390 g/mol. The van der Waals surface area contributed by atoms with E-state index in [4.69, 9.17) is 4.42 Å². The van der Waals surface area contributed by atoms with Crippen molar-refractivity contribution in [3.05, 3.63) is 65.5 Å². The maximum absolute atomic E-state index is 5.86. The minimum atomic E-state index is -0.0223. The molecule has 4 rings (SSSR count). The average molecular weight is 410 g/mol. The summed E-state index contributed by atoms with van der Waals surface area (Å²) in [6, 6.07) is 16.1. The van der Waals surface area contributed by atoms with Crippen LogP contribution in [0.3, 0.4) is 0 Å². The molecule has 6 nitrogen and oxygen atoms in total. The van der Waals surface area contributed by atoms with Gasteiger partial charge in [-0.25, -0.2) is 0 Å². The Kier molecular flexibility index (Phi) is 5.40. The standard InChI is InChI=1S/C20H19N5OS2/c1-12-8-10-15(11-9-12)18-23-22-17(26-18)14(3)27-20-25-24-19(28-20)21-16-7-5-4-6-13(16)2/h4-11,14H,1-3H3,(H,21,24)/t14-/m0/s1. The molecular formula is C20H19N5OS2. The van der Waals surface area contributed by atoms with Crippen LogP contribution < -0.4 is 5.32 Å². The van der Waals surface area contributed by atoms with E-state index < -0.39 is 0 Å². The first-order valence-electron chi connectivity index (χ1n) is 8.82. The fraction of sp³-hybridized carbons (Fsp3) is 0.200. The van der Waals surface area contributed by atoms with Gasteiger partial charge in [-0.3, -0.25) is 0 Å². The van der Waals surface area contributed by atoms with Gasteiger partial charge >= 0.3 is 0 Å². The summed E-state index contributed by atoms with van der Waals surface area (Å²) in [5.74, 6) is 1.10. The lowest BCUT2D eigenvalue weighted by molar-refractivity contribution is 0.509. The van der Waals surface area contributed by atoms with Gasteiger partial charge < -0.3 is 9.73 Å². The molecule has 0 fully saturated rings. The van der Waals surface area contributed by atoms with Gasteiger partial charge in [0.15, 0.2) is 4.34 Å². The number of hydrogen-bond acceptors (Lipinski definition) is 8. The number of rotatable bonds is 6. The van der Waals surface area contributed by atoms with Gasteiger partial charge in [0.05, 0.1) is 5.25 Å². The van der Waals surface area contributed by atoms with E-state index in [-0.39, 0.29) is 5.25 Å². The first kappa shape index (κ1) is 18.6. The Balaban J connectivity index is 1.43. The molecule has 0 radical (unpaired) electrons. The molecule has 0 saturated heterocycles. The number of aryl methyl sites for hydroxylation is 2. The van der Waals surface area contributed by atoms with Crippen molar-refractivity contribution in [2.75, 3.05) is 5.32 Å². The predicted octanol–water partition coefficient (Wildman–Crippen LogP) is 5.80. The van der Waals surface area contributed by atoms with Gasteiger partial charge in [0.2, 0.25) is 16.9 Å². The zero-order valence-corrected chi connectivity index (χ0v) is 17.3. The highest BCUT2D eigenvalue weighted by molar-refractivity contribution is 8.01. The molecule has 142 valence electrons. The summed E-state index contributed by atoms with van der Waals surface area (Å²) in [6.45, 7) is 6.13. The van der Waals surface area contributed by atoms with Crippen LogP contribution in [0.15, 0.2) is 57.3 Å². The van der Waals surface area contributed by atoms with Gasteiger partial charge in [-0.2, -0.15) is 0 Å². The van der Waals surface area contributed by atoms with Crippen LogP contribution in [-0.4, -0.2) is 20.4 Å². The van der Waals surface area contributed by atoms with Crippen molar-refractivity contribution in [2.24, 2.45) is 0 Å². The molecule has 8 heteroatoms. The summed E-state index contributed by atoms with van der Waals surface area (Å²) in [7, 11) is 0. The topological polar surface area (TPSA) is 76.7 Å². The quantitative estimate of drug-likeness (QED) is 0.403. The minimum Gasteiger partial charge on any atom is -0.419 e. The smallest absolute Gasteiger partial charge is 0.247 e. The second-order valence-electron chi connectivity index (χ2n) is 6.38. The van der Waals surface area contributed by atoms with Crippen LogP contribution in [0.2, 0.25) is 0 Å². The molecule has 0 bridgehead atoms. The molecule has 0 unspecified atom stereocenters. The van der Waals surface area contributed by atoms with Crippen molar-refractivity contribution >= 4 is 33.9 Å². The van der Waals surface area contributed by atoms with Gasteiger partial charge in [0, 0.05) is 11.3 Å². The van der Waals surface area contributed by atoms with Crippen LogP contribution in [0.5, 0.6) is 0 Å². The van der Waals surface area contributed by atoms with E-state index in [1.807, 2.05) is 56.3 Å². The Hall–Kier alpha value is -2.71. The Morgan fingerprint density at radius 2 is 1.75 bits per heavy atom. The monoisotopic (exact) mass is 409 g/mol. The maximum Gasteiger partial charge on any atom is 0.247 e. The van der Waals surface area contributed by atoms with Crippen molar-refractivity contribution < 1.29 is 4.42 Å². The molecule has 2 aromatic carbocycles. The molecule has 2 heterocycles. The highest BCUT2D eigenvalue weighted by atomic mass is 32.2. The normalized spacial score (nSPS) is 12.1. The third-order valence-electron chi connectivity index (χ3n) is 4.16. The summed E-state index contributed by atoms with van der Waals surface area (Å²) in [5.41, 5.74) is 4.30. The molecule has 4 aromatic rings. The van der Waals surface area contributed by atoms with Crippen LogP contribution in [0.25, 0.3) is 11.5 Å². The van der Waals surface area contributed by atoms with Gasteiger partial charge in [-0.1, -0.05) is 59.0 Å². The predicted molar refractivity (Wildman–Crippen MR) is 113 cm³/mol. The van der Waals surface area contributed by atoms with Crippen molar-refractivity contribution in [2.45, 2.75) is 30.4 Å². The van der Waals surface area contributed by atoms with E-state index in [0.29, 0.717) is 11.8 Å². The van der Waals surface area contributed by atoms with Crippen LogP contribution in [0.1, 0.15) is 29.2 Å². The van der Waals surface area contributed by atoms with Crippen LogP contribution in [0.4, 0.5) is 10.8 Å². The average Bonchev–Trinajstić information content (AvgIpc) is 3.34. The lowest BCUT2D eigenvalue weighted by Crippen LogP contribution is -1.91. The van der Waals surface area contributed by atoms with E-state index in [2.05, 4.69) is 38.7 Å². The number of aromatic nitrogens is 4. The summed E-state index contributed by atoms with van der Waals surface area (Å²) in [6.07, 6.45) is 0. The SMILES string of the molecule is Cc1ccc(-c2nnc([C@H](C)Sc3nnc(Nc4ccccc4C)s3)o2)cc1. The molecule has 0 aliphatic carbocycles. The van der Waals surface area contributed by atoms with E-state index in [1.54, 1.807) is 11.8 Å². The van der Waals surface area contributed by atoms with Gasteiger partial charge in [0.25, 0.3) is 0 Å². The second-order valence-corrected chi connectivity index (χ2v) is 8.95. The molecule has 1 atom stereocenters. The first-order valence-corrected chi connectivity index (χ1v) is 10.5. The molecule has 2 aromatic heterocycles. The van der Waals surface area contributed by atoms with Crippen LogP contribution in [-0.2, 0) is 0 Å². The Morgan fingerprint density at radius 1 is 0.964 bits per heavy atom. The van der Waals surface area contributed by atoms with Gasteiger partial charge in [-0.05, 0) is 44.5 Å². The van der Waals surface area contributed by atoms with Crippen molar-refractivity contribution in [3.8, 4) is 11.5 Å². The molecule has 0 aliphatic heterocycles. The Morgan fingerprint density at radius 3 is 2.54 bits per heavy atom. The van der Waals surface area contributed by atoms with E-state index in [1.165, 1.54) is 16.9 Å². The largest absolute Gasteiger partial charge is 0.419 e. The molecule has 1 N–H and O–H groups in total. The van der Waals surface area contributed by atoms with Crippen molar-refractivity contribution in [3.63, 3.8) is 0 Å². The molecule has 28 heavy (non-hydrogen) atoms. The summed E-state index contributed by atoms with van der Waals surface area (Å²) in [4.78, 5) is 0. The van der Waals surface area contributed by atoms with Crippen LogP contribution >= 0.6 is 23.1 Å². The fourth-order valence-corrected chi connectivity index (χ4v) is 4.49. The third kappa shape index (κ3) is 4.23. The number of benzene rings is 2. The zero-order chi connectivity index (χ0) is 19.5. The number of thioether (sulfide) groups is 1. The highest BCUT2D eigenvalue weighted by Crippen LogP contribution is 2.38. The van der Waals surface area contributed by atoms with Crippen molar-refractivity contribution in [1.29, 1.82) is 0 Å². The molecule has 0 aliphatic rings. The summed E-state index contributed by atoms with van der Waals surface area (Å²) < 4.78 is 6.71. The first-order chi connectivity index (χ1) is 13.6. The number of hydrogen-bond donors (Lipinski definition) is 1. The minimum absolute atomic E-state index is 0.0223. The van der Waals surface area contributed by atoms with E-state index in [0.717, 1.165) is 26.3 Å². The number of nitrogens with zero attached hydrogens (tertiary/aromatic N) is 4. The Bertz CT molecular complexity index is 1070. The molecule has 0 amide bonds. The second kappa shape index (κ2) is 8.12. The molecule has 0 spiro atoms. The third-order valence-corrected chi connectivity index (χ3v) is 6.17. The zero-order valence-electron chi connectivity index (χ0n) is 15.7. The number of para-hydroxylation sites is 1. The fourth-order valence-electron chi connectivity index (χ4n) is 2.55. The Labute approximate surface area is 171 Å². The summed E-state index contributed by atoms with van der Waals surface area (Å²) >= 11 is 3.06. The van der Waals surface area contributed by atoms with Crippen molar-refractivity contribution in [1.82, 2.24) is 20.4 Å². The maximum atomic E-state index is 5.86. The highest BCUT2D eigenvalue weighted by Gasteiger charge is 2.18. The number of anilines is 2.